The highest BCUT2D eigenvalue weighted by atomic mass is 32.2. The first kappa shape index (κ1) is 20.0. The van der Waals surface area contributed by atoms with Crippen LogP contribution >= 0.6 is 11.9 Å². The van der Waals surface area contributed by atoms with Crippen LogP contribution in [0.1, 0.15) is 28.5 Å². The summed E-state index contributed by atoms with van der Waals surface area (Å²) in [6.07, 6.45) is 3.87. The SMILES string of the molecule is [B]c1cccc(C(O)c2cc3c(cn2)CN(Sc2ccc(-c4ncco4)c(F)c2)C3)c1. The van der Waals surface area contributed by atoms with Crippen LogP contribution in [-0.4, -0.2) is 27.2 Å². The number of aromatic nitrogens is 2. The highest BCUT2D eigenvalue weighted by Crippen LogP contribution is 2.35. The lowest BCUT2D eigenvalue weighted by molar-refractivity contribution is 0.215. The molecule has 3 heterocycles. The second-order valence-electron chi connectivity index (χ2n) is 7.32. The molecule has 1 N–H and O–H groups in total. The van der Waals surface area contributed by atoms with Crippen molar-refractivity contribution in [3.8, 4) is 11.5 Å². The van der Waals surface area contributed by atoms with Gasteiger partial charge < -0.3 is 9.52 Å². The third-order valence-corrected chi connectivity index (χ3v) is 6.12. The summed E-state index contributed by atoms with van der Waals surface area (Å²) < 4.78 is 21.8. The van der Waals surface area contributed by atoms with E-state index in [9.17, 15) is 9.50 Å². The number of aliphatic hydroxyl groups is 1. The van der Waals surface area contributed by atoms with Crippen molar-refractivity contribution in [3.05, 3.63) is 95.4 Å². The van der Waals surface area contributed by atoms with Gasteiger partial charge >= 0.3 is 0 Å². The van der Waals surface area contributed by atoms with Crippen LogP contribution in [0.5, 0.6) is 0 Å². The van der Waals surface area contributed by atoms with Crippen molar-refractivity contribution in [1.82, 2.24) is 14.3 Å². The molecule has 1 unspecified atom stereocenters. The van der Waals surface area contributed by atoms with E-state index in [1.54, 1.807) is 24.4 Å². The molecule has 1 aliphatic heterocycles. The molecule has 8 heteroatoms. The van der Waals surface area contributed by atoms with Gasteiger partial charge in [-0.25, -0.2) is 13.7 Å². The first-order valence-electron chi connectivity index (χ1n) is 9.70. The molecule has 0 bridgehead atoms. The van der Waals surface area contributed by atoms with Crippen LogP contribution in [0, 0.1) is 5.82 Å². The van der Waals surface area contributed by atoms with Crippen LogP contribution in [0.2, 0.25) is 0 Å². The number of hydrogen-bond acceptors (Lipinski definition) is 6. The molecule has 2 radical (unpaired) electrons. The highest BCUT2D eigenvalue weighted by molar-refractivity contribution is 7.97. The molecule has 2 aromatic carbocycles. The maximum Gasteiger partial charge on any atom is 0.228 e. The molecule has 2 aromatic heterocycles. The van der Waals surface area contributed by atoms with Gasteiger partial charge in [-0.1, -0.05) is 29.7 Å². The Hall–Kier alpha value is -2.94. The molecule has 152 valence electrons. The average Bonchev–Trinajstić information content (AvgIpc) is 3.42. The summed E-state index contributed by atoms with van der Waals surface area (Å²) in [6, 6.07) is 14.1. The van der Waals surface area contributed by atoms with Gasteiger partial charge in [0.25, 0.3) is 0 Å². The Morgan fingerprint density at radius 3 is 2.74 bits per heavy atom. The monoisotopic (exact) mass is 429 g/mol. The van der Waals surface area contributed by atoms with E-state index in [0.717, 1.165) is 16.0 Å². The summed E-state index contributed by atoms with van der Waals surface area (Å²) in [6.45, 7) is 1.35. The lowest BCUT2D eigenvalue weighted by Crippen LogP contribution is -2.08. The fourth-order valence-electron chi connectivity index (χ4n) is 3.61. The van der Waals surface area contributed by atoms with Crippen LogP contribution in [0.15, 0.2) is 76.5 Å². The quantitative estimate of drug-likeness (QED) is 0.385. The number of pyridine rings is 1. The Morgan fingerprint density at radius 2 is 1.97 bits per heavy atom. The minimum absolute atomic E-state index is 0.264. The van der Waals surface area contributed by atoms with Crippen molar-refractivity contribution in [2.24, 2.45) is 0 Å². The van der Waals surface area contributed by atoms with Crippen molar-refractivity contribution in [2.45, 2.75) is 24.1 Å². The maximum atomic E-state index is 14.5. The molecule has 1 aliphatic rings. The fourth-order valence-corrected chi connectivity index (χ4v) is 4.61. The van der Waals surface area contributed by atoms with Crippen LogP contribution in [0.3, 0.4) is 0 Å². The maximum absolute atomic E-state index is 14.5. The molecule has 31 heavy (non-hydrogen) atoms. The predicted molar refractivity (Wildman–Crippen MR) is 117 cm³/mol. The topological polar surface area (TPSA) is 62.4 Å². The summed E-state index contributed by atoms with van der Waals surface area (Å²) >= 11 is 1.48. The van der Waals surface area contributed by atoms with Crippen LogP contribution in [-0.2, 0) is 13.1 Å². The van der Waals surface area contributed by atoms with Crippen LogP contribution < -0.4 is 5.46 Å². The van der Waals surface area contributed by atoms with Crippen molar-refractivity contribution < 1.29 is 13.9 Å². The zero-order chi connectivity index (χ0) is 21.4. The zero-order valence-electron chi connectivity index (χ0n) is 16.4. The van der Waals surface area contributed by atoms with Gasteiger partial charge in [0.15, 0.2) is 0 Å². The van der Waals surface area contributed by atoms with Crippen LogP contribution in [0.25, 0.3) is 11.5 Å². The van der Waals surface area contributed by atoms with Gasteiger partial charge in [-0.3, -0.25) is 4.98 Å². The third-order valence-electron chi connectivity index (χ3n) is 5.14. The number of rotatable bonds is 5. The fraction of sp³-hybridized carbons (Fsp3) is 0.130. The van der Waals surface area contributed by atoms with Crippen molar-refractivity contribution in [1.29, 1.82) is 0 Å². The Morgan fingerprint density at radius 1 is 1.10 bits per heavy atom. The van der Waals surface area contributed by atoms with Gasteiger partial charge in [-0.05, 0) is 52.9 Å². The van der Waals surface area contributed by atoms with Crippen LogP contribution in [0.4, 0.5) is 4.39 Å². The number of fused-ring (bicyclic) bond motifs is 1. The van der Waals surface area contributed by atoms with E-state index in [1.165, 1.54) is 30.5 Å². The number of hydrogen-bond donors (Lipinski definition) is 1. The molecule has 0 fully saturated rings. The first-order chi connectivity index (χ1) is 15.1. The molecular formula is C23H17BFN3O2S. The van der Waals surface area contributed by atoms with E-state index in [2.05, 4.69) is 14.3 Å². The van der Waals surface area contributed by atoms with E-state index < -0.39 is 6.10 Å². The van der Waals surface area contributed by atoms with Gasteiger partial charge in [0.2, 0.25) is 5.89 Å². The van der Waals surface area contributed by atoms with E-state index in [4.69, 9.17) is 12.3 Å². The number of aliphatic hydroxyl groups excluding tert-OH is 1. The summed E-state index contributed by atoms with van der Waals surface area (Å²) in [5, 5.41) is 10.7. The molecule has 5 nitrogen and oxygen atoms in total. The number of benzene rings is 2. The summed E-state index contributed by atoms with van der Waals surface area (Å²) in [4.78, 5) is 9.23. The number of halogens is 1. The Bertz CT molecular complexity index is 1240. The molecule has 1 atom stereocenters. The lowest BCUT2D eigenvalue weighted by Gasteiger charge is -2.14. The van der Waals surface area contributed by atoms with E-state index in [-0.39, 0.29) is 11.7 Å². The van der Waals surface area contributed by atoms with Gasteiger partial charge in [0, 0.05) is 24.2 Å². The molecule has 0 saturated heterocycles. The molecule has 5 rings (SSSR count). The summed E-state index contributed by atoms with van der Waals surface area (Å²) in [5.74, 6) is -0.113. The molecule has 4 aromatic rings. The lowest BCUT2D eigenvalue weighted by atomic mass is 9.92. The minimum atomic E-state index is -0.840. The average molecular weight is 429 g/mol. The number of oxazole rings is 1. The van der Waals surface area contributed by atoms with Crippen molar-refractivity contribution >= 4 is 25.3 Å². The summed E-state index contributed by atoms with van der Waals surface area (Å²) in [5.41, 5.74) is 4.41. The Balaban J connectivity index is 1.30. The molecule has 0 amide bonds. The van der Waals surface area contributed by atoms with E-state index in [1.807, 2.05) is 24.3 Å². The summed E-state index contributed by atoms with van der Waals surface area (Å²) in [7, 11) is 5.83. The number of nitrogens with zero attached hydrogens (tertiary/aromatic N) is 3. The van der Waals surface area contributed by atoms with E-state index >= 15 is 0 Å². The zero-order valence-corrected chi connectivity index (χ0v) is 17.2. The van der Waals surface area contributed by atoms with Crippen molar-refractivity contribution in [2.75, 3.05) is 0 Å². The minimum Gasteiger partial charge on any atom is -0.444 e. The molecule has 0 aliphatic carbocycles. The van der Waals surface area contributed by atoms with Gasteiger partial charge in [0.05, 0.1) is 17.5 Å². The van der Waals surface area contributed by atoms with E-state index in [0.29, 0.717) is 35.4 Å². The standard InChI is InChI=1S/C23H17BFN3O2S/c24-17-3-1-2-14(8-17)22(29)21-9-15-12-28(13-16(15)11-27-21)31-18-4-5-19(20(25)10-18)23-26-6-7-30-23/h1-11,22,29H,12-13H2. The predicted octanol–water partition coefficient (Wildman–Crippen LogP) is 3.77. The van der Waals surface area contributed by atoms with Gasteiger partial charge in [-0.2, -0.15) is 0 Å². The van der Waals surface area contributed by atoms with Gasteiger partial charge in [-0.15, -0.1) is 0 Å². The normalized spacial score (nSPS) is 14.5. The second kappa shape index (κ2) is 8.30. The first-order valence-corrected chi connectivity index (χ1v) is 10.5. The highest BCUT2D eigenvalue weighted by Gasteiger charge is 2.23. The van der Waals surface area contributed by atoms with Crippen molar-refractivity contribution in [3.63, 3.8) is 0 Å². The smallest absolute Gasteiger partial charge is 0.228 e. The molecule has 0 saturated carbocycles. The largest absolute Gasteiger partial charge is 0.444 e. The third kappa shape index (κ3) is 4.14. The Labute approximate surface area is 184 Å². The Kier molecular flexibility index (Phi) is 5.35. The van der Waals surface area contributed by atoms with Gasteiger partial charge in [0.1, 0.15) is 26.0 Å². The molecule has 0 spiro atoms. The second-order valence-corrected chi connectivity index (χ2v) is 8.49. The molecular weight excluding hydrogens is 412 g/mol.